The highest BCUT2D eigenvalue weighted by Gasteiger charge is 2.39. The number of carbonyl (C=O) groups is 2. The van der Waals surface area contributed by atoms with Gasteiger partial charge in [0.15, 0.2) is 9.84 Å². The van der Waals surface area contributed by atoms with Crippen LogP contribution < -0.4 is 5.32 Å². The van der Waals surface area contributed by atoms with E-state index in [1.54, 1.807) is 0 Å². The van der Waals surface area contributed by atoms with Gasteiger partial charge >= 0.3 is 0 Å². The van der Waals surface area contributed by atoms with Crippen LogP contribution in [0.4, 0.5) is 5.82 Å². The van der Waals surface area contributed by atoms with Gasteiger partial charge in [-0.3, -0.25) is 14.7 Å². The van der Waals surface area contributed by atoms with Gasteiger partial charge in [0.05, 0.1) is 12.1 Å². The summed E-state index contributed by atoms with van der Waals surface area (Å²) in [7, 11) is -3.48. The van der Waals surface area contributed by atoms with Gasteiger partial charge in [0.2, 0.25) is 11.8 Å². The van der Waals surface area contributed by atoms with Gasteiger partial charge in [0.1, 0.15) is 10.7 Å². The van der Waals surface area contributed by atoms with E-state index in [4.69, 9.17) is 0 Å². The van der Waals surface area contributed by atoms with E-state index >= 15 is 0 Å². The third-order valence-corrected chi connectivity index (χ3v) is 5.66. The Morgan fingerprint density at radius 3 is 2.74 bits per heavy atom. The largest absolute Gasteiger partial charge is 0.339 e. The SMILES string of the molecule is CS(=O)(=O)c1cn[nH]c1NC(=O)C1CC(=O)N(C2CCCC2)C1. The first-order valence-electron chi connectivity index (χ1n) is 7.70. The van der Waals surface area contributed by atoms with Crippen LogP contribution in [0.1, 0.15) is 32.1 Å². The lowest BCUT2D eigenvalue weighted by atomic mass is 10.1. The quantitative estimate of drug-likeness (QED) is 0.831. The molecule has 2 amide bonds. The van der Waals surface area contributed by atoms with E-state index in [9.17, 15) is 18.0 Å². The van der Waals surface area contributed by atoms with E-state index < -0.39 is 15.8 Å². The number of carbonyl (C=O) groups excluding carboxylic acids is 2. The first-order valence-corrected chi connectivity index (χ1v) is 9.59. The third kappa shape index (κ3) is 3.24. The number of aromatic nitrogens is 2. The topological polar surface area (TPSA) is 112 Å². The average molecular weight is 340 g/mol. The van der Waals surface area contributed by atoms with Gasteiger partial charge in [-0.05, 0) is 12.8 Å². The zero-order chi connectivity index (χ0) is 16.6. The maximum atomic E-state index is 12.4. The van der Waals surface area contributed by atoms with Crippen molar-refractivity contribution in [3.8, 4) is 0 Å². The van der Waals surface area contributed by atoms with Crippen molar-refractivity contribution >= 4 is 27.5 Å². The van der Waals surface area contributed by atoms with Crippen molar-refractivity contribution in [1.29, 1.82) is 0 Å². The predicted molar refractivity (Wildman–Crippen MR) is 82.4 cm³/mol. The van der Waals surface area contributed by atoms with Gasteiger partial charge in [-0.1, -0.05) is 12.8 Å². The van der Waals surface area contributed by atoms with Crippen molar-refractivity contribution in [2.24, 2.45) is 5.92 Å². The molecule has 1 aromatic heterocycles. The highest BCUT2D eigenvalue weighted by Crippen LogP contribution is 2.30. The summed E-state index contributed by atoms with van der Waals surface area (Å²) in [4.78, 5) is 26.3. The first kappa shape index (κ1) is 16.0. The van der Waals surface area contributed by atoms with Crippen molar-refractivity contribution < 1.29 is 18.0 Å². The van der Waals surface area contributed by atoms with E-state index in [2.05, 4.69) is 15.5 Å². The molecule has 1 atom stereocenters. The number of aromatic amines is 1. The van der Waals surface area contributed by atoms with Crippen LogP contribution in [-0.4, -0.2) is 54.2 Å². The Hall–Kier alpha value is -1.90. The van der Waals surface area contributed by atoms with Crippen LogP contribution in [0, 0.1) is 5.92 Å². The van der Waals surface area contributed by atoms with Gasteiger partial charge in [-0.25, -0.2) is 8.42 Å². The number of likely N-dealkylation sites (tertiary alicyclic amines) is 1. The van der Waals surface area contributed by atoms with E-state index in [0.717, 1.165) is 38.1 Å². The van der Waals surface area contributed by atoms with Crippen molar-refractivity contribution in [1.82, 2.24) is 15.1 Å². The Morgan fingerprint density at radius 1 is 1.39 bits per heavy atom. The second-order valence-electron chi connectivity index (χ2n) is 6.26. The highest BCUT2D eigenvalue weighted by atomic mass is 32.2. The Labute approximate surface area is 134 Å². The Morgan fingerprint density at radius 2 is 2.09 bits per heavy atom. The molecule has 2 aliphatic rings. The molecule has 1 aliphatic carbocycles. The molecule has 1 aromatic rings. The molecule has 0 radical (unpaired) electrons. The highest BCUT2D eigenvalue weighted by molar-refractivity contribution is 7.90. The number of rotatable bonds is 4. The van der Waals surface area contributed by atoms with Crippen LogP contribution in [-0.2, 0) is 19.4 Å². The monoisotopic (exact) mass is 340 g/mol. The molecule has 8 nitrogen and oxygen atoms in total. The molecule has 9 heteroatoms. The van der Waals surface area contributed by atoms with E-state index in [0.29, 0.717) is 6.54 Å². The molecule has 2 fully saturated rings. The summed E-state index contributed by atoms with van der Waals surface area (Å²) in [6, 6.07) is 0.249. The molecule has 0 bridgehead atoms. The van der Waals surface area contributed by atoms with Crippen LogP contribution in [0.5, 0.6) is 0 Å². The van der Waals surface area contributed by atoms with Crippen molar-refractivity contribution in [2.75, 3.05) is 18.1 Å². The molecule has 0 spiro atoms. The van der Waals surface area contributed by atoms with Crippen LogP contribution in [0.2, 0.25) is 0 Å². The van der Waals surface area contributed by atoms with E-state index in [1.165, 1.54) is 0 Å². The van der Waals surface area contributed by atoms with E-state index in [1.807, 2.05) is 4.90 Å². The number of nitrogens with zero attached hydrogens (tertiary/aromatic N) is 2. The maximum absolute atomic E-state index is 12.4. The number of anilines is 1. The Kier molecular flexibility index (Phi) is 4.13. The van der Waals surface area contributed by atoms with Crippen LogP contribution in [0.25, 0.3) is 0 Å². The molecule has 1 saturated carbocycles. The van der Waals surface area contributed by atoms with Crippen LogP contribution >= 0.6 is 0 Å². The molecule has 23 heavy (non-hydrogen) atoms. The minimum atomic E-state index is -3.48. The molecule has 2 N–H and O–H groups in total. The molecular formula is C14H20N4O4S. The summed E-state index contributed by atoms with van der Waals surface area (Å²) in [6.45, 7) is 0.400. The normalized spacial score (nSPS) is 22.7. The smallest absolute Gasteiger partial charge is 0.230 e. The fourth-order valence-electron chi connectivity index (χ4n) is 3.35. The molecule has 2 heterocycles. The molecule has 1 unspecified atom stereocenters. The summed E-state index contributed by atoms with van der Waals surface area (Å²) in [5.41, 5.74) is 0. The number of hydrogen-bond acceptors (Lipinski definition) is 5. The van der Waals surface area contributed by atoms with Crippen LogP contribution in [0.15, 0.2) is 11.1 Å². The third-order valence-electron chi connectivity index (χ3n) is 4.55. The Balaban J connectivity index is 1.68. The zero-order valence-electron chi connectivity index (χ0n) is 12.9. The molecule has 1 saturated heterocycles. The average Bonchev–Trinajstić information content (AvgIpc) is 3.15. The second kappa shape index (κ2) is 5.95. The fraction of sp³-hybridized carbons (Fsp3) is 0.643. The summed E-state index contributed by atoms with van der Waals surface area (Å²) in [5, 5.41) is 8.71. The molecule has 1 aliphatic heterocycles. The summed E-state index contributed by atoms with van der Waals surface area (Å²) in [5.74, 6) is -0.749. The fourth-order valence-corrected chi connectivity index (χ4v) is 4.06. The van der Waals surface area contributed by atoms with Gasteiger partial charge in [0, 0.05) is 25.3 Å². The van der Waals surface area contributed by atoms with Crippen molar-refractivity contribution in [3.63, 3.8) is 0 Å². The lowest BCUT2D eigenvalue weighted by Gasteiger charge is -2.23. The maximum Gasteiger partial charge on any atom is 0.230 e. The molecular weight excluding hydrogens is 320 g/mol. The second-order valence-corrected chi connectivity index (χ2v) is 8.24. The number of hydrogen-bond donors (Lipinski definition) is 2. The minimum Gasteiger partial charge on any atom is -0.339 e. The van der Waals surface area contributed by atoms with Gasteiger partial charge in [-0.2, -0.15) is 5.10 Å². The first-order chi connectivity index (χ1) is 10.9. The Bertz CT molecular complexity index is 721. The summed E-state index contributed by atoms with van der Waals surface area (Å²) >= 11 is 0. The summed E-state index contributed by atoms with van der Waals surface area (Å²) < 4.78 is 23.2. The van der Waals surface area contributed by atoms with Gasteiger partial charge in [0.25, 0.3) is 0 Å². The number of H-pyrrole nitrogens is 1. The lowest BCUT2D eigenvalue weighted by Crippen LogP contribution is -2.35. The summed E-state index contributed by atoms with van der Waals surface area (Å²) in [6.07, 6.45) is 6.63. The lowest BCUT2D eigenvalue weighted by molar-refractivity contribution is -0.129. The minimum absolute atomic E-state index is 0.00463. The number of nitrogens with one attached hydrogen (secondary N) is 2. The molecule has 3 rings (SSSR count). The number of sulfone groups is 1. The molecule has 126 valence electrons. The predicted octanol–water partition coefficient (Wildman–Crippen LogP) is 0.543. The van der Waals surface area contributed by atoms with E-state index in [-0.39, 0.29) is 35.0 Å². The molecule has 0 aromatic carbocycles. The zero-order valence-corrected chi connectivity index (χ0v) is 13.7. The van der Waals surface area contributed by atoms with Gasteiger partial charge in [-0.15, -0.1) is 0 Å². The number of amides is 2. The van der Waals surface area contributed by atoms with Gasteiger partial charge < -0.3 is 10.2 Å². The van der Waals surface area contributed by atoms with Crippen molar-refractivity contribution in [2.45, 2.75) is 43.0 Å². The van der Waals surface area contributed by atoms with Crippen LogP contribution in [0.3, 0.4) is 0 Å². The standard InChI is InChI=1S/C14H20N4O4S/c1-23(21,22)11-7-15-17-13(11)16-14(20)9-6-12(19)18(8-9)10-4-2-3-5-10/h7,9-10H,2-6,8H2,1H3,(H2,15,16,17,20). The van der Waals surface area contributed by atoms with Crippen molar-refractivity contribution in [3.05, 3.63) is 6.20 Å².